The van der Waals surface area contributed by atoms with Crippen LogP contribution in [0.15, 0.2) is 42.5 Å². The van der Waals surface area contributed by atoms with Crippen LogP contribution in [0.4, 0.5) is 0 Å². The van der Waals surface area contributed by atoms with Gasteiger partial charge >= 0.3 is 0 Å². The van der Waals surface area contributed by atoms with E-state index in [2.05, 4.69) is 66.6 Å². The maximum absolute atomic E-state index is 13.9. The molecule has 3 fully saturated rings. The average Bonchev–Trinajstić information content (AvgIpc) is 3.37. The van der Waals surface area contributed by atoms with Crippen LogP contribution in [-0.4, -0.2) is 84.0 Å². The van der Waals surface area contributed by atoms with Crippen molar-refractivity contribution in [3.8, 4) is 11.1 Å². The zero-order chi connectivity index (χ0) is 26.3. The Morgan fingerprint density at radius 2 is 1.78 bits per heavy atom. The Labute approximate surface area is 222 Å². The van der Waals surface area contributed by atoms with Crippen molar-refractivity contribution in [2.75, 3.05) is 32.8 Å². The summed E-state index contributed by atoms with van der Waals surface area (Å²) in [7, 11) is -3.49. The summed E-state index contributed by atoms with van der Waals surface area (Å²) in [4.78, 5) is 2.35. The molecule has 4 atom stereocenters. The Morgan fingerprint density at radius 3 is 2.49 bits per heavy atom. The van der Waals surface area contributed by atoms with Gasteiger partial charge in [-0.1, -0.05) is 42.5 Å². The van der Waals surface area contributed by atoms with E-state index >= 15 is 0 Å². The van der Waals surface area contributed by atoms with Gasteiger partial charge in [-0.05, 0) is 81.3 Å². The van der Waals surface area contributed by atoms with Crippen molar-refractivity contribution in [1.29, 1.82) is 0 Å². The number of hydrogen-bond acceptors (Lipinski definition) is 6. The van der Waals surface area contributed by atoms with Crippen LogP contribution in [0.25, 0.3) is 11.1 Å². The Morgan fingerprint density at radius 1 is 1.05 bits per heavy atom. The number of aryl methyl sites for hydroxylation is 1. The second-order valence-electron chi connectivity index (χ2n) is 11.2. The molecule has 5 rings (SSSR count). The predicted octanol–water partition coefficient (Wildman–Crippen LogP) is 3.47. The number of aliphatic hydroxyl groups is 1. The molecule has 37 heavy (non-hydrogen) atoms. The molecule has 0 saturated carbocycles. The zero-order valence-corrected chi connectivity index (χ0v) is 23.4. The third-order valence-electron chi connectivity index (χ3n) is 8.80. The van der Waals surface area contributed by atoms with Gasteiger partial charge in [0.05, 0.1) is 6.61 Å². The van der Waals surface area contributed by atoms with Gasteiger partial charge in [0.1, 0.15) is 5.37 Å². The third kappa shape index (κ3) is 4.88. The molecule has 0 aromatic heterocycles. The minimum atomic E-state index is -3.49. The fraction of sp³-hybridized carbons (Fsp3) is 0.586. The highest BCUT2D eigenvalue weighted by Gasteiger charge is 2.51. The van der Waals surface area contributed by atoms with Crippen molar-refractivity contribution in [2.45, 2.75) is 76.4 Å². The molecule has 3 aliphatic rings. The molecule has 4 unspecified atom stereocenters. The third-order valence-corrected chi connectivity index (χ3v) is 11.0. The van der Waals surface area contributed by atoms with E-state index in [1.165, 1.54) is 27.8 Å². The van der Waals surface area contributed by atoms with Crippen LogP contribution < -0.4 is 5.43 Å². The van der Waals surface area contributed by atoms with E-state index in [-0.39, 0.29) is 30.7 Å². The summed E-state index contributed by atoms with van der Waals surface area (Å²) in [5.74, 6) is 0.108. The summed E-state index contributed by atoms with van der Waals surface area (Å²) in [6.07, 6.45) is 2.39. The fourth-order valence-electron chi connectivity index (χ4n) is 6.63. The minimum absolute atomic E-state index is 0.0273. The molecule has 202 valence electrons. The summed E-state index contributed by atoms with van der Waals surface area (Å²) < 4.78 is 29.5. The lowest BCUT2D eigenvalue weighted by Crippen LogP contribution is -2.68. The quantitative estimate of drug-likeness (QED) is 0.601. The molecule has 0 radical (unpaired) electrons. The van der Waals surface area contributed by atoms with Crippen LogP contribution in [0, 0.1) is 13.8 Å². The highest BCUT2D eigenvalue weighted by Crippen LogP contribution is 2.43. The van der Waals surface area contributed by atoms with Gasteiger partial charge in [-0.3, -0.25) is 10.3 Å². The number of benzene rings is 2. The molecule has 3 aliphatic heterocycles. The van der Waals surface area contributed by atoms with Crippen LogP contribution >= 0.6 is 0 Å². The van der Waals surface area contributed by atoms with Crippen molar-refractivity contribution in [1.82, 2.24) is 19.6 Å². The van der Waals surface area contributed by atoms with Crippen molar-refractivity contribution in [2.24, 2.45) is 0 Å². The first-order chi connectivity index (χ1) is 17.7. The SMILES string of the molecule is Cc1cccc(-c2ccc(C3C(CO)N4CCCCN(S(=O)(=O)C5CCNN5C(C)C)CC34)cc2)c1C. The van der Waals surface area contributed by atoms with Gasteiger partial charge in [0, 0.05) is 43.7 Å². The Kier molecular flexibility index (Phi) is 7.78. The maximum Gasteiger partial charge on any atom is 0.231 e. The van der Waals surface area contributed by atoms with Crippen molar-refractivity contribution in [3.63, 3.8) is 0 Å². The molecule has 7 nitrogen and oxygen atoms in total. The number of nitrogens with one attached hydrogen (secondary N) is 1. The second kappa shape index (κ2) is 10.8. The first-order valence-electron chi connectivity index (χ1n) is 13.8. The van der Waals surface area contributed by atoms with Gasteiger partial charge in [-0.15, -0.1) is 0 Å². The van der Waals surface area contributed by atoms with Crippen LogP contribution in [0.1, 0.15) is 55.7 Å². The van der Waals surface area contributed by atoms with Crippen LogP contribution in [0.5, 0.6) is 0 Å². The van der Waals surface area contributed by atoms with Gasteiger partial charge in [-0.25, -0.2) is 13.4 Å². The molecule has 0 amide bonds. The van der Waals surface area contributed by atoms with E-state index in [9.17, 15) is 13.5 Å². The molecule has 0 bridgehead atoms. The van der Waals surface area contributed by atoms with Crippen LogP contribution in [0.2, 0.25) is 0 Å². The topological polar surface area (TPSA) is 76.1 Å². The fourth-order valence-corrected chi connectivity index (χ4v) is 8.74. The Bertz CT molecular complexity index is 1200. The Hall–Kier alpha value is -1.81. The largest absolute Gasteiger partial charge is 0.395 e. The van der Waals surface area contributed by atoms with E-state index < -0.39 is 15.4 Å². The van der Waals surface area contributed by atoms with Gasteiger partial charge < -0.3 is 5.11 Å². The standard InChI is InChI=1S/C29H42N4O3S/c1-20(2)33-28(14-15-30-33)37(35,36)31-16-5-6-17-32-26(18-31)29(27(32)19-34)24-12-10-23(11-13-24)25-9-7-8-21(3)22(25)4/h7-13,20,26-30,34H,5-6,14-19H2,1-4H3. The predicted molar refractivity (Wildman–Crippen MR) is 149 cm³/mol. The Balaban J connectivity index is 1.41. The average molecular weight is 527 g/mol. The summed E-state index contributed by atoms with van der Waals surface area (Å²) in [6.45, 7) is 11.1. The van der Waals surface area contributed by atoms with Gasteiger partial charge in [0.25, 0.3) is 0 Å². The monoisotopic (exact) mass is 526 g/mol. The van der Waals surface area contributed by atoms with E-state index in [0.717, 1.165) is 19.4 Å². The zero-order valence-electron chi connectivity index (χ0n) is 22.6. The number of aliphatic hydroxyl groups excluding tert-OH is 1. The van der Waals surface area contributed by atoms with Gasteiger partial charge in [0.15, 0.2) is 0 Å². The summed E-state index contributed by atoms with van der Waals surface area (Å²) in [5, 5.41) is 11.7. The van der Waals surface area contributed by atoms with Gasteiger partial charge in [0.2, 0.25) is 10.0 Å². The molecule has 2 aromatic rings. The lowest BCUT2D eigenvalue weighted by atomic mass is 9.74. The van der Waals surface area contributed by atoms with Gasteiger partial charge in [-0.2, -0.15) is 4.31 Å². The second-order valence-corrected chi connectivity index (χ2v) is 13.3. The van der Waals surface area contributed by atoms with E-state index in [1.807, 2.05) is 18.9 Å². The number of hydrazine groups is 1. The van der Waals surface area contributed by atoms with Crippen LogP contribution in [0.3, 0.4) is 0 Å². The minimum Gasteiger partial charge on any atom is -0.395 e. The summed E-state index contributed by atoms with van der Waals surface area (Å²) >= 11 is 0. The number of nitrogens with zero attached hydrogens (tertiary/aromatic N) is 3. The summed E-state index contributed by atoms with van der Waals surface area (Å²) in [5.41, 5.74) is 9.45. The van der Waals surface area contributed by atoms with Crippen molar-refractivity contribution in [3.05, 3.63) is 59.2 Å². The number of sulfonamides is 1. The smallest absolute Gasteiger partial charge is 0.231 e. The highest BCUT2D eigenvalue weighted by atomic mass is 32.2. The summed E-state index contributed by atoms with van der Waals surface area (Å²) in [6, 6.07) is 15.3. The highest BCUT2D eigenvalue weighted by molar-refractivity contribution is 7.89. The first kappa shape index (κ1) is 26.8. The number of fused-ring (bicyclic) bond motifs is 1. The first-order valence-corrected chi connectivity index (χ1v) is 15.3. The maximum atomic E-state index is 13.9. The molecular formula is C29H42N4O3S. The molecule has 3 saturated heterocycles. The normalized spacial score (nSPS) is 28.1. The molecule has 3 heterocycles. The van der Waals surface area contributed by atoms with E-state index in [0.29, 0.717) is 26.1 Å². The number of rotatable bonds is 6. The molecule has 0 aliphatic carbocycles. The molecule has 0 spiro atoms. The molecule has 2 N–H and O–H groups in total. The van der Waals surface area contributed by atoms with E-state index in [4.69, 9.17) is 0 Å². The van der Waals surface area contributed by atoms with Crippen molar-refractivity contribution >= 4 is 10.0 Å². The number of hydrogen-bond donors (Lipinski definition) is 2. The lowest BCUT2D eigenvalue weighted by molar-refractivity contribution is -0.0556. The van der Waals surface area contributed by atoms with Crippen molar-refractivity contribution < 1.29 is 13.5 Å². The lowest BCUT2D eigenvalue weighted by Gasteiger charge is -2.57. The molecular weight excluding hydrogens is 484 g/mol. The molecule has 2 aromatic carbocycles. The molecule has 8 heteroatoms. The van der Waals surface area contributed by atoms with E-state index in [1.54, 1.807) is 4.31 Å². The van der Waals surface area contributed by atoms with Crippen LogP contribution in [-0.2, 0) is 10.0 Å².